The number of rotatable bonds is 2. The minimum Gasteiger partial charge on any atom is -0.381 e. The Hall–Kier alpha value is -1.62. The quantitative estimate of drug-likeness (QED) is 0.850. The lowest BCUT2D eigenvalue weighted by Gasteiger charge is -2.33. The van der Waals surface area contributed by atoms with E-state index >= 15 is 0 Å². The van der Waals surface area contributed by atoms with Crippen molar-refractivity contribution in [2.75, 3.05) is 13.2 Å². The van der Waals surface area contributed by atoms with Crippen LogP contribution in [-0.2, 0) is 4.74 Å². The lowest BCUT2D eigenvalue weighted by Crippen LogP contribution is -2.23. The highest BCUT2D eigenvalue weighted by Crippen LogP contribution is 2.42. The maximum absolute atomic E-state index is 5.48. The first kappa shape index (κ1) is 14.9. The number of hydrogen-bond acceptors (Lipinski definition) is 5. The van der Waals surface area contributed by atoms with Crippen molar-refractivity contribution in [3.8, 4) is 0 Å². The summed E-state index contributed by atoms with van der Waals surface area (Å²) in [5.41, 5.74) is 4.76. The van der Waals surface area contributed by atoms with Crippen molar-refractivity contribution >= 4 is 11.2 Å². The van der Waals surface area contributed by atoms with Crippen molar-refractivity contribution in [3.63, 3.8) is 0 Å². The molecule has 5 heteroatoms. The van der Waals surface area contributed by atoms with Crippen LogP contribution in [0.1, 0.15) is 67.3 Å². The van der Waals surface area contributed by atoms with Crippen molar-refractivity contribution in [2.24, 2.45) is 5.92 Å². The molecular weight excluding hydrogens is 288 g/mol. The molecule has 1 aliphatic carbocycles. The average Bonchev–Trinajstić information content (AvgIpc) is 2.53. The van der Waals surface area contributed by atoms with Crippen LogP contribution in [0.5, 0.6) is 0 Å². The van der Waals surface area contributed by atoms with E-state index in [1.54, 1.807) is 0 Å². The molecule has 23 heavy (non-hydrogen) atoms. The highest BCUT2D eigenvalue weighted by atomic mass is 16.5. The maximum Gasteiger partial charge on any atom is 0.182 e. The standard InChI is InChI=1S/C18H24N4O/c1-10-8-14(9-10)15-16-18(20-12(3)11(2)19-16)22-17(21-15)13-4-6-23-7-5-13/h10,13-14H,4-9H2,1-3H3. The first-order valence-corrected chi connectivity index (χ1v) is 8.72. The first-order valence-electron chi connectivity index (χ1n) is 8.72. The van der Waals surface area contributed by atoms with E-state index < -0.39 is 0 Å². The number of aromatic nitrogens is 4. The van der Waals surface area contributed by atoms with Gasteiger partial charge in [0.05, 0.1) is 17.1 Å². The second kappa shape index (κ2) is 5.78. The summed E-state index contributed by atoms with van der Waals surface area (Å²) >= 11 is 0. The van der Waals surface area contributed by atoms with Gasteiger partial charge in [-0.25, -0.2) is 19.9 Å². The highest BCUT2D eigenvalue weighted by Gasteiger charge is 2.32. The van der Waals surface area contributed by atoms with Gasteiger partial charge in [-0.05, 0) is 45.4 Å². The number of nitrogens with zero attached hydrogens (tertiary/aromatic N) is 4. The van der Waals surface area contributed by atoms with Crippen molar-refractivity contribution in [3.05, 3.63) is 22.9 Å². The molecule has 0 radical (unpaired) electrons. The minimum atomic E-state index is 0.396. The summed E-state index contributed by atoms with van der Waals surface area (Å²) < 4.78 is 5.48. The lowest BCUT2D eigenvalue weighted by molar-refractivity contribution is 0.0835. The summed E-state index contributed by atoms with van der Waals surface area (Å²) in [6.07, 6.45) is 4.41. The van der Waals surface area contributed by atoms with Crippen molar-refractivity contribution in [2.45, 2.75) is 58.3 Å². The van der Waals surface area contributed by atoms with Gasteiger partial charge >= 0.3 is 0 Å². The molecule has 122 valence electrons. The summed E-state index contributed by atoms with van der Waals surface area (Å²) in [7, 11) is 0. The predicted octanol–water partition coefficient (Wildman–Crippen LogP) is 3.44. The van der Waals surface area contributed by atoms with Gasteiger partial charge in [0.1, 0.15) is 11.3 Å². The molecule has 0 unspecified atom stereocenters. The van der Waals surface area contributed by atoms with E-state index in [9.17, 15) is 0 Å². The largest absolute Gasteiger partial charge is 0.381 e. The van der Waals surface area contributed by atoms with Crippen LogP contribution in [0.25, 0.3) is 11.2 Å². The molecule has 5 nitrogen and oxygen atoms in total. The van der Waals surface area contributed by atoms with Gasteiger partial charge < -0.3 is 4.74 Å². The molecule has 2 aromatic rings. The molecule has 0 bridgehead atoms. The summed E-state index contributed by atoms with van der Waals surface area (Å²) in [6, 6.07) is 0. The Bertz CT molecular complexity index is 733. The first-order chi connectivity index (χ1) is 11.1. The van der Waals surface area contributed by atoms with Crippen LogP contribution in [0.4, 0.5) is 0 Å². The zero-order valence-electron chi connectivity index (χ0n) is 14.2. The maximum atomic E-state index is 5.48. The van der Waals surface area contributed by atoms with Crippen LogP contribution in [0, 0.1) is 19.8 Å². The van der Waals surface area contributed by atoms with Gasteiger partial charge in [-0.15, -0.1) is 0 Å². The van der Waals surface area contributed by atoms with Gasteiger partial charge in [0.2, 0.25) is 0 Å². The van der Waals surface area contributed by atoms with E-state index in [2.05, 4.69) is 6.92 Å². The molecule has 2 aromatic heterocycles. The molecule has 0 N–H and O–H groups in total. The Balaban J connectivity index is 1.83. The van der Waals surface area contributed by atoms with E-state index in [4.69, 9.17) is 24.7 Å². The fourth-order valence-electron chi connectivity index (χ4n) is 3.70. The van der Waals surface area contributed by atoms with Gasteiger partial charge in [-0.1, -0.05) is 6.92 Å². The SMILES string of the molecule is Cc1nc2nc(C3CCOCC3)nc(C3CC(C)C3)c2nc1C. The van der Waals surface area contributed by atoms with Gasteiger partial charge in [0.15, 0.2) is 5.65 Å². The topological polar surface area (TPSA) is 60.8 Å². The van der Waals surface area contributed by atoms with Crippen LogP contribution in [0.15, 0.2) is 0 Å². The molecule has 2 aliphatic rings. The van der Waals surface area contributed by atoms with Gasteiger partial charge in [0, 0.05) is 25.0 Å². The number of hydrogen-bond donors (Lipinski definition) is 0. The number of ether oxygens (including phenoxy) is 1. The Labute approximate surface area is 136 Å². The van der Waals surface area contributed by atoms with E-state index in [1.165, 1.54) is 12.8 Å². The molecule has 1 saturated carbocycles. The van der Waals surface area contributed by atoms with Crippen molar-refractivity contribution < 1.29 is 4.74 Å². The molecular formula is C18H24N4O. The summed E-state index contributed by atoms with van der Waals surface area (Å²) in [5.74, 6) is 2.65. The molecule has 1 aliphatic heterocycles. The third-order valence-electron chi connectivity index (χ3n) is 5.33. The smallest absolute Gasteiger partial charge is 0.182 e. The zero-order chi connectivity index (χ0) is 16.0. The summed E-state index contributed by atoms with van der Waals surface area (Å²) in [6.45, 7) is 7.94. The third kappa shape index (κ3) is 2.71. The monoisotopic (exact) mass is 312 g/mol. The van der Waals surface area contributed by atoms with E-state index in [1.807, 2.05) is 13.8 Å². The number of fused-ring (bicyclic) bond motifs is 1. The molecule has 4 rings (SSSR count). The molecule has 0 atom stereocenters. The predicted molar refractivity (Wildman–Crippen MR) is 88.5 cm³/mol. The summed E-state index contributed by atoms with van der Waals surface area (Å²) in [5, 5.41) is 0. The number of aryl methyl sites for hydroxylation is 2. The molecule has 2 fully saturated rings. The molecule has 0 spiro atoms. The normalized spacial score (nSPS) is 25.5. The van der Waals surface area contributed by atoms with Crippen molar-refractivity contribution in [1.82, 2.24) is 19.9 Å². The van der Waals surface area contributed by atoms with Crippen molar-refractivity contribution in [1.29, 1.82) is 0 Å². The fourth-order valence-corrected chi connectivity index (χ4v) is 3.70. The average molecular weight is 312 g/mol. The Kier molecular flexibility index (Phi) is 3.76. The molecule has 0 amide bonds. The Morgan fingerprint density at radius 1 is 0.870 bits per heavy atom. The van der Waals surface area contributed by atoms with Crippen LogP contribution < -0.4 is 0 Å². The molecule has 1 saturated heterocycles. The van der Waals surface area contributed by atoms with E-state index in [0.717, 1.165) is 66.0 Å². The zero-order valence-corrected chi connectivity index (χ0v) is 14.2. The van der Waals surface area contributed by atoms with Crippen LogP contribution in [0.2, 0.25) is 0 Å². The minimum absolute atomic E-state index is 0.396. The van der Waals surface area contributed by atoms with Crippen LogP contribution >= 0.6 is 0 Å². The molecule has 3 heterocycles. The van der Waals surface area contributed by atoms with Gasteiger partial charge in [-0.3, -0.25) is 0 Å². The second-order valence-corrected chi connectivity index (χ2v) is 7.19. The van der Waals surface area contributed by atoms with E-state index in [-0.39, 0.29) is 0 Å². The Morgan fingerprint density at radius 2 is 1.57 bits per heavy atom. The molecule has 0 aromatic carbocycles. The van der Waals surface area contributed by atoms with Gasteiger partial charge in [-0.2, -0.15) is 0 Å². The summed E-state index contributed by atoms with van der Waals surface area (Å²) in [4.78, 5) is 19.2. The van der Waals surface area contributed by atoms with Crippen LogP contribution in [-0.4, -0.2) is 33.1 Å². The fraction of sp³-hybridized carbons (Fsp3) is 0.667. The lowest BCUT2D eigenvalue weighted by atomic mass is 9.74. The van der Waals surface area contributed by atoms with Crippen LogP contribution in [0.3, 0.4) is 0 Å². The third-order valence-corrected chi connectivity index (χ3v) is 5.33. The van der Waals surface area contributed by atoms with E-state index in [0.29, 0.717) is 11.8 Å². The second-order valence-electron chi connectivity index (χ2n) is 7.19. The Morgan fingerprint density at radius 3 is 2.26 bits per heavy atom. The van der Waals surface area contributed by atoms with Gasteiger partial charge in [0.25, 0.3) is 0 Å². The highest BCUT2D eigenvalue weighted by molar-refractivity contribution is 5.73.